The SMILES string of the molecule is CCCCCOc1ccc(C(=O)NNC(=S)NC2CCCC2)cc1. The molecule has 0 unspecified atom stereocenters. The summed E-state index contributed by atoms with van der Waals surface area (Å²) in [5, 5.41) is 3.68. The van der Waals surface area contributed by atoms with Gasteiger partial charge in [-0.15, -0.1) is 0 Å². The minimum absolute atomic E-state index is 0.219. The summed E-state index contributed by atoms with van der Waals surface area (Å²) in [4.78, 5) is 12.1. The smallest absolute Gasteiger partial charge is 0.269 e. The van der Waals surface area contributed by atoms with E-state index in [4.69, 9.17) is 17.0 Å². The Labute approximate surface area is 149 Å². The molecule has 132 valence electrons. The minimum Gasteiger partial charge on any atom is -0.494 e. The summed E-state index contributed by atoms with van der Waals surface area (Å²) < 4.78 is 5.64. The van der Waals surface area contributed by atoms with Gasteiger partial charge in [0, 0.05) is 11.6 Å². The zero-order valence-electron chi connectivity index (χ0n) is 14.3. The summed E-state index contributed by atoms with van der Waals surface area (Å²) in [5.41, 5.74) is 5.94. The van der Waals surface area contributed by atoms with Gasteiger partial charge in [-0.2, -0.15) is 0 Å². The number of hydrazine groups is 1. The molecule has 1 aromatic rings. The number of ether oxygens (including phenoxy) is 1. The second-order valence-corrected chi connectivity index (χ2v) is 6.52. The maximum atomic E-state index is 12.1. The van der Waals surface area contributed by atoms with Crippen LogP contribution in [-0.2, 0) is 0 Å². The van der Waals surface area contributed by atoms with Crippen LogP contribution in [0.3, 0.4) is 0 Å². The zero-order valence-corrected chi connectivity index (χ0v) is 15.1. The van der Waals surface area contributed by atoms with Crippen molar-refractivity contribution in [3.05, 3.63) is 29.8 Å². The normalized spacial score (nSPS) is 14.2. The first-order valence-corrected chi connectivity index (χ1v) is 9.19. The molecular formula is C18H27N3O2S. The summed E-state index contributed by atoms with van der Waals surface area (Å²) in [5.74, 6) is 0.567. The number of nitrogens with one attached hydrogen (secondary N) is 3. The topological polar surface area (TPSA) is 62.4 Å². The average Bonchev–Trinajstić information content (AvgIpc) is 3.10. The first-order valence-electron chi connectivity index (χ1n) is 8.78. The van der Waals surface area contributed by atoms with Crippen molar-refractivity contribution in [2.45, 2.75) is 57.9 Å². The Hall–Kier alpha value is -1.82. The summed E-state index contributed by atoms with van der Waals surface area (Å²) in [7, 11) is 0. The molecule has 2 rings (SSSR count). The van der Waals surface area contributed by atoms with Crippen LogP contribution in [0.25, 0.3) is 0 Å². The molecule has 5 nitrogen and oxygen atoms in total. The maximum absolute atomic E-state index is 12.1. The molecule has 1 aliphatic rings. The fourth-order valence-corrected chi connectivity index (χ4v) is 2.94. The minimum atomic E-state index is -0.219. The highest BCUT2D eigenvalue weighted by Gasteiger charge is 2.15. The lowest BCUT2D eigenvalue weighted by atomic mass is 10.2. The summed E-state index contributed by atoms with van der Waals surface area (Å²) in [6.07, 6.45) is 8.13. The molecule has 1 fully saturated rings. The van der Waals surface area contributed by atoms with Crippen molar-refractivity contribution in [1.29, 1.82) is 0 Å². The zero-order chi connectivity index (χ0) is 17.2. The molecule has 0 aliphatic heterocycles. The first-order chi connectivity index (χ1) is 11.7. The second-order valence-electron chi connectivity index (χ2n) is 6.11. The highest BCUT2D eigenvalue weighted by Crippen LogP contribution is 2.17. The molecule has 24 heavy (non-hydrogen) atoms. The van der Waals surface area contributed by atoms with Gasteiger partial charge in [-0.1, -0.05) is 32.6 Å². The van der Waals surface area contributed by atoms with Gasteiger partial charge in [-0.3, -0.25) is 15.6 Å². The van der Waals surface area contributed by atoms with Gasteiger partial charge in [0.1, 0.15) is 5.75 Å². The second kappa shape index (κ2) is 10.1. The van der Waals surface area contributed by atoms with Crippen LogP contribution in [0, 0.1) is 0 Å². The van der Waals surface area contributed by atoms with Crippen LogP contribution >= 0.6 is 12.2 Å². The lowest BCUT2D eigenvalue weighted by Gasteiger charge is -2.16. The van der Waals surface area contributed by atoms with Crippen molar-refractivity contribution in [3.63, 3.8) is 0 Å². The third-order valence-corrected chi connectivity index (χ3v) is 4.33. The van der Waals surface area contributed by atoms with Gasteiger partial charge in [0.2, 0.25) is 0 Å². The van der Waals surface area contributed by atoms with Gasteiger partial charge in [-0.05, 0) is 55.7 Å². The van der Waals surface area contributed by atoms with E-state index in [-0.39, 0.29) is 5.91 Å². The van der Waals surface area contributed by atoms with Gasteiger partial charge in [0.05, 0.1) is 6.61 Å². The molecule has 1 amide bonds. The van der Waals surface area contributed by atoms with Crippen molar-refractivity contribution >= 4 is 23.2 Å². The standard InChI is InChI=1S/C18H27N3O2S/c1-2-3-6-13-23-16-11-9-14(10-12-16)17(22)20-21-18(24)19-15-7-4-5-8-15/h9-12,15H,2-8,13H2,1H3,(H,20,22)(H2,19,21,24). The van der Waals surface area contributed by atoms with Gasteiger partial charge >= 0.3 is 0 Å². The number of rotatable bonds is 7. The van der Waals surface area contributed by atoms with E-state index in [0.29, 0.717) is 23.3 Å². The van der Waals surface area contributed by atoms with E-state index >= 15 is 0 Å². The summed E-state index contributed by atoms with van der Waals surface area (Å²) >= 11 is 5.19. The van der Waals surface area contributed by atoms with Crippen molar-refractivity contribution in [1.82, 2.24) is 16.2 Å². The molecule has 0 spiro atoms. The third kappa shape index (κ3) is 6.35. The molecule has 0 saturated heterocycles. The largest absolute Gasteiger partial charge is 0.494 e. The van der Waals surface area contributed by atoms with E-state index in [1.165, 1.54) is 25.7 Å². The molecule has 3 N–H and O–H groups in total. The molecule has 6 heteroatoms. The Bertz CT molecular complexity index is 528. The van der Waals surface area contributed by atoms with Gasteiger partial charge in [0.25, 0.3) is 5.91 Å². The molecule has 0 atom stereocenters. The number of carbonyl (C=O) groups excluding carboxylic acids is 1. The molecule has 0 heterocycles. The number of amides is 1. The molecule has 1 aromatic carbocycles. The van der Waals surface area contributed by atoms with Crippen LogP contribution < -0.4 is 20.9 Å². The van der Waals surface area contributed by atoms with Crippen molar-refractivity contribution in [3.8, 4) is 5.75 Å². The number of unbranched alkanes of at least 4 members (excludes halogenated alkanes) is 2. The van der Waals surface area contributed by atoms with E-state index in [0.717, 1.165) is 25.0 Å². The first kappa shape index (κ1) is 18.5. The number of carbonyl (C=O) groups is 1. The van der Waals surface area contributed by atoms with E-state index in [1.54, 1.807) is 12.1 Å². The lowest BCUT2D eigenvalue weighted by Crippen LogP contribution is -2.49. The Morgan fingerprint density at radius 3 is 2.54 bits per heavy atom. The fraction of sp³-hybridized carbons (Fsp3) is 0.556. The predicted molar refractivity (Wildman–Crippen MR) is 100 cm³/mol. The Kier molecular flexibility index (Phi) is 7.82. The average molecular weight is 350 g/mol. The van der Waals surface area contributed by atoms with Crippen LogP contribution in [-0.4, -0.2) is 23.7 Å². The van der Waals surface area contributed by atoms with Crippen LogP contribution in [0.5, 0.6) is 5.75 Å². The summed E-state index contributed by atoms with van der Waals surface area (Å²) in [6, 6.07) is 7.55. The van der Waals surface area contributed by atoms with Gasteiger partial charge < -0.3 is 10.1 Å². The number of thiocarbonyl (C=S) groups is 1. The van der Waals surface area contributed by atoms with Gasteiger partial charge in [0.15, 0.2) is 5.11 Å². The number of hydrogen-bond acceptors (Lipinski definition) is 3. The molecule has 0 aromatic heterocycles. The number of hydrogen-bond donors (Lipinski definition) is 3. The Morgan fingerprint density at radius 1 is 1.17 bits per heavy atom. The van der Waals surface area contributed by atoms with E-state index in [1.807, 2.05) is 12.1 Å². The third-order valence-electron chi connectivity index (χ3n) is 4.11. The van der Waals surface area contributed by atoms with Crippen LogP contribution in [0.1, 0.15) is 62.2 Å². The van der Waals surface area contributed by atoms with Crippen LogP contribution in [0.2, 0.25) is 0 Å². The fourth-order valence-electron chi connectivity index (χ4n) is 2.72. The van der Waals surface area contributed by atoms with E-state index < -0.39 is 0 Å². The molecule has 1 aliphatic carbocycles. The predicted octanol–water partition coefficient (Wildman–Crippen LogP) is 3.31. The van der Waals surface area contributed by atoms with Crippen LogP contribution in [0.4, 0.5) is 0 Å². The molecule has 1 saturated carbocycles. The molecule has 0 radical (unpaired) electrons. The molecular weight excluding hydrogens is 322 g/mol. The van der Waals surface area contributed by atoms with E-state index in [9.17, 15) is 4.79 Å². The highest BCUT2D eigenvalue weighted by atomic mass is 32.1. The Morgan fingerprint density at radius 2 is 1.88 bits per heavy atom. The van der Waals surface area contributed by atoms with Crippen molar-refractivity contribution < 1.29 is 9.53 Å². The van der Waals surface area contributed by atoms with E-state index in [2.05, 4.69) is 23.1 Å². The number of benzene rings is 1. The van der Waals surface area contributed by atoms with Crippen molar-refractivity contribution in [2.24, 2.45) is 0 Å². The maximum Gasteiger partial charge on any atom is 0.269 e. The van der Waals surface area contributed by atoms with Crippen LogP contribution in [0.15, 0.2) is 24.3 Å². The summed E-state index contributed by atoms with van der Waals surface area (Å²) in [6.45, 7) is 2.87. The Balaban J connectivity index is 1.70. The quantitative estimate of drug-likeness (QED) is 0.400. The highest BCUT2D eigenvalue weighted by molar-refractivity contribution is 7.80. The van der Waals surface area contributed by atoms with Crippen molar-refractivity contribution in [2.75, 3.05) is 6.61 Å². The monoisotopic (exact) mass is 349 g/mol. The molecule has 0 bridgehead atoms. The van der Waals surface area contributed by atoms with Gasteiger partial charge in [-0.25, -0.2) is 0 Å². The lowest BCUT2D eigenvalue weighted by molar-refractivity contribution is 0.0943.